The van der Waals surface area contributed by atoms with E-state index in [2.05, 4.69) is 30.3 Å². The number of nitrogens with one attached hydrogen (secondary N) is 2. The molecule has 1 saturated carbocycles. The van der Waals surface area contributed by atoms with Crippen LogP contribution in [0.5, 0.6) is 5.75 Å². The number of rotatable bonds is 7. The Morgan fingerprint density at radius 2 is 1.78 bits per heavy atom. The largest absolute Gasteiger partial charge is 0.431 e. The molecule has 0 aromatic carbocycles. The van der Waals surface area contributed by atoms with Crippen LogP contribution in [0.4, 0.5) is 20.5 Å². The van der Waals surface area contributed by atoms with E-state index in [9.17, 15) is 13.6 Å². The summed E-state index contributed by atoms with van der Waals surface area (Å²) in [5, 5.41) is 6.71. The minimum Gasteiger partial charge on any atom is -0.431 e. The molecule has 0 amide bonds. The van der Waals surface area contributed by atoms with Gasteiger partial charge in [-0.1, -0.05) is 6.07 Å². The van der Waals surface area contributed by atoms with Crippen LogP contribution < -0.4 is 20.9 Å². The second kappa shape index (κ2) is 9.29. The highest BCUT2D eigenvalue weighted by molar-refractivity contribution is 5.43. The molecule has 8 nitrogen and oxygen atoms in total. The number of hydrogen-bond acceptors (Lipinski definition) is 7. The first-order valence-electron chi connectivity index (χ1n) is 10.4. The summed E-state index contributed by atoms with van der Waals surface area (Å²) in [4.78, 5) is 24.9. The molecule has 0 spiro atoms. The fourth-order valence-electron chi connectivity index (χ4n) is 3.92. The molecular formula is C22H24F2N6O2. The lowest BCUT2D eigenvalue weighted by Crippen LogP contribution is -2.22. The standard InChI is InChI=1S/C22H24F2N6O2/c1-13-20(32-21(23)24)14(2)27-22(26-13)29-16-7-6-15(11-16)28-18-9-8-17(12-25-18)30-10-4-3-5-19(30)31/h3-5,8-10,12,15-16,21H,6-7,11H2,1-2H3,(H,25,28)(H,26,27,29)/t15-,16-/m0/s1. The van der Waals surface area contributed by atoms with Crippen molar-refractivity contribution in [1.29, 1.82) is 0 Å². The maximum Gasteiger partial charge on any atom is 0.387 e. The molecule has 10 heteroatoms. The van der Waals surface area contributed by atoms with Gasteiger partial charge in [0.1, 0.15) is 5.82 Å². The summed E-state index contributed by atoms with van der Waals surface area (Å²) in [5.74, 6) is 1.16. The van der Waals surface area contributed by atoms with Crippen molar-refractivity contribution in [3.05, 3.63) is 64.5 Å². The van der Waals surface area contributed by atoms with E-state index in [4.69, 9.17) is 0 Å². The van der Waals surface area contributed by atoms with Crippen molar-refractivity contribution in [1.82, 2.24) is 19.5 Å². The van der Waals surface area contributed by atoms with E-state index >= 15 is 0 Å². The molecule has 1 fully saturated rings. The zero-order valence-electron chi connectivity index (χ0n) is 17.8. The van der Waals surface area contributed by atoms with Crippen LogP contribution in [0, 0.1) is 13.8 Å². The Kier molecular flexibility index (Phi) is 6.29. The Bertz CT molecular complexity index is 1110. The van der Waals surface area contributed by atoms with Crippen LogP contribution in [0.3, 0.4) is 0 Å². The summed E-state index contributed by atoms with van der Waals surface area (Å²) in [6, 6.07) is 9.07. The van der Waals surface area contributed by atoms with E-state index in [-0.39, 0.29) is 23.4 Å². The first-order valence-corrected chi connectivity index (χ1v) is 10.4. The zero-order chi connectivity index (χ0) is 22.7. The minimum atomic E-state index is -2.91. The number of alkyl halides is 2. The van der Waals surface area contributed by atoms with E-state index in [1.807, 2.05) is 12.1 Å². The molecule has 4 rings (SSSR count). The lowest BCUT2D eigenvalue weighted by molar-refractivity contribution is -0.0512. The summed E-state index contributed by atoms with van der Waals surface area (Å²) < 4.78 is 31.1. The number of ether oxygens (including phenoxy) is 1. The fourth-order valence-corrected chi connectivity index (χ4v) is 3.92. The number of anilines is 2. The SMILES string of the molecule is Cc1nc(N[C@H]2CC[C@H](Nc3ccc(-n4ccccc4=O)cn3)C2)nc(C)c1OC(F)F. The molecule has 32 heavy (non-hydrogen) atoms. The third kappa shape index (κ3) is 5.01. The van der Waals surface area contributed by atoms with Crippen molar-refractivity contribution >= 4 is 11.8 Å². The van der Waals surface area contributed by atoms with Crippen molar-refractivity contribution in [3.63, 3.8) is 0 Å². The van der Waals surface area contributed by atoms with E-state index < -0.39 is 6.61 Å². The van der Waals surface area contributed by atoms with E-state index in [1.54, 1.807) is 38.4 Å². The van der Waals surface area contributed by atoms with Gasteiger partial charge in [0.2, 0.25) is 5.95 Å². The monoisotopic (exact) mass is 442 g/mol. The van der Waals surface area contributed by atoms with Gasteiger partial charge in [-0.15, -0.1) is 0 Å². The van der Waals surface area contributed by atoms with Gasteiger partial charge in [-0.3, -0.25) is 9.36 Å². The molecular weight excluding hydrogens is 418 g/mol. The summed E-state index contributed by atoms with van der Waals surface area (Å²) in [7, 11) is 0. The number of hydrogen-bond donors (Lipinski definition) is 2. The van der Waals surface area contributed by atoms with Crippen molar-refractivity contribution in [3.8, 4) is 11.4 Å². The average molecular weight is 442 g/mol. The topological polar surface area (TPSA) is 94.0 Å². The Labute approximate surface area is 183 Å². The molecule has 0 bridgehead atoms. The quantitative estimate of drug-likeness (QED) is 0.576. The maximum atomic E-state index is 12.5. The van der Waals surface area contributed by atoms with E-state index in [0.29, 0.717) is 23.0 Å². The molecule has 2 atom stereocenters. The van der Waals surface area contributed by atoms with Gasteiger partial charge in [0.05, 0.1) is 23.3 Å². The highest BCUT2D eigenvalue weighted by Crippen LogP contribution is 2.27. The second-order valence-corrected chi connectivity index (χ2v) is 7.73. The van der Waals surface area contributed by atoms with Crippen molar-refractivity contribution < 1.29 is 13.5 Å². The van der Waals surface area contributed by atoms with Gasteiger partial charge in [0, 0.05) is 24.3 Å². The van der Waals surface area contributed by atoms with Crippen LogP contribution in [-0.2, 0) is 0 Å². The number of aromatic nitrogens is 4. The molecule has 2 N–H and O–H groups in total. The van der Waals surface area contributed by atoms with Crippen LogP contribution in [0.25, 0.3) is 5.69 Å². The number of nitrogens with zero attached hydrogens (tertiary/aromatic N) is 4. The third-order valence-corrected chi connectivity index (χ3v) is 5.38. The highest BCUT2D eigenvalue weighted by atomic mass is 19.3. The Morgan fingerprint density at radius 1 is 1.06 bits per heavy atom. The first-order chi connectivity index (χ1) is 15.4. The zero-order valence-corrected chi connectivity index (χ0v) is 17.8. The summed E-state index contributed by atoms with van der Waals surface area (Å²) in [6.07, 6.45) is 6.04. The predicted octanol–water partition coefficient (Wildman–Crippen LogP) is 3.69. The average Bonchev–Trinajstić information content (AvgIpc) is 3.18. The first kappa shape index (κ1) is 21.7. The van der Waals surface area contributed by atoms with Gasteiger partial charge in [0.15, 0.2) is 5.75 Å². The van der Waals surface area contributed by atoms with Gasteiger partial charge in [-0.2, -0.15) is 8.78 Å². The number of halogens is 2. The van der Waals surface area contributed by atoms with Crippen LogP contribution in [-0.4, -0.2) is 38.2 Å². The van der Waals surface area contributed by atoms with Crippen LogP contribution in [0.1, 0.15) is 30.7 Å². The normalized spacial score (nSPS) is 18.0. The minimum absolute atomic E-state index is 0.0174. The van der Waals surface area contributed by atoms with Gasteiger partial charge >= 0.3 is 6.61 Å². The Hall–Kier alpha value is -3.56. The van der Waals surface area contributed by atoms with Gasteiger partial charge < -0.3 is 15.4 Å². The lowest BCUT2D eigenvalue weighted by atomic mass is 10.2. The lowest BCUT2D eigenvalue weighted by Gasteiger charge is -2.17. The Morgan fingerprint density at radius 3 is 2.41 bits per heavy atom. The molecule has 3 aromatic rings. The highest BCUT2D eigenvalue weighted by Gasteiger charge is 2.26. The molecule has 0 aliphatic heterocycles. The third-order valence-electron chi connectivity index (χ3n) is 5.38. The smallest absolute Gasteiger partial charge is 0.387 e. The maximum absolute atomic E-state index is 12.5. The van der Waals surface area contributed by atoms with Crippen molar-refractivity contribution in [2.45, 2.75) is 51.8 Å². The van der Waals surface area contributed by atoms with Crippen LogP contribution in [0.15, 0.2) is 47.5 Å². The summed E-state index contributed by atoms with van der Waals surface area (Å²) >= 11 is 0. The molecule has 0 saturated heterocycles. The molecule has 3 heterocycles. The summed E-state index contributed by atoms with van der Waals surface area (Å²) in [5.41, 5.74) is 1.33. The number of pyridine rings is 2. The van der Waals surface area contributed by atoms with Crippen molar-refractivity contribution in [2.75, 3.05) is 10.6 Å². The van der Waals surface area contributed by atoms with E-state index in [0.717, 1.165) is 25.1 Å². The van der Waals surface area contributed by atoms with E-state index in [1.165, 1.54) is 10.6 Å². The molecule has 1 aliphatic rings. The molecule has 0 unspecified atom stereocenters. The van der Waals surface area contributed by atoms with Crippen molar-refractivity contribution in [2.24, 2.45) is 0 Å². The fraction of sp³-hybridized carbons (Fsp3) is 0.364. The molecule has 168 valence electrons. The van der Waals surface area contributed by atoms with Crippen LogP contribution >= 0.6 is 0 Å². The summed E-state index contributed by atoms with van der Waals surface area (Å²) in [6.45, 7) is 0.332. The molecule has 3 aromatic heterocycles. The van der Waals surface area contributed by atoms with Gasteiger partial charge in [-0.25, -0.2) is 15.0 Å². The second-order valence-electron chi connectivity index (χ2n) is 7.73. The van der Waals surface area contributed by atoms with Gasteiger partial charge in [0.25, 0.3) is 5.56 Å². The Balaban J connectivity index is 1.35. The predicted molar refractivity (Wildman–Crippen MR) is 117 cm³/mol. The number of aryl methyl sites for hydroxylation is 2. The molecule has 1 aliphatic carbocycles. The van der Waals surface area contributed by atoms with Crippen LogP contribution in [0.2, 0.25) is 0 Å². The molecule has 0 radical (unpaired) electrons. The van der Waals surface area contributed by atoms with Gasteiger partial charge in [-0.05, 0) is 51.3 Å².